The number of hydrogen-bond acceptors (Lipinski definition) is 3. The molecule has 0 fully saturated rings. The molecule has 1 aromatic heterocycles. The summed E-state index contributed by atoms with van der Waals surface area (Å²) in [6.45, 7) is 17.2. The zero-order valence-electron chi connectivity index (χ0n) is 21.5. The summed E-state index contributed by atoms with van der Waals surface area (Å²) < 4.78 is 30.4. The molecule has 0 radical (unpaired) electrons. The van der Waals surface area contributed by atoms with E-state index in [0.717, 1.165) is 45.5 Å². The summed E-state index contributed by atoms with van der Waals surface area (Å²) in [6.07, 6.45) is 4.68. The van der Waals surface area contributed by atoms with Gasteiger partial charge >= 0.3 is 0 Å². The van der Waals surface area contributed by atoms with Crippen LogP contribution in [-0.2, 0) is 6.42 Å². The minimum Gasteiger partial charge on any atom is -0.372 e. The molecule has 3 N–H and O–H groups in total. The number of fused-ring (bicyclic) bond motifs is 4. The molecular formula is C28H42F2N4. The van der Waals surface area contributed by atoms with Crippen LogP contribution >= 0.6 is 0 Å². The zero-order chi connectivity index (χ0) is 25.0. The number of nitrogens with zero attached hydrogens (tertiary/aromatic N) is 1. The number of aromatic amines is 1. The van der Waals surface area contributed by atoms with Crippen LogP contribution in [-0.4, -0.2) is 22.7 Å². The second-order valence-electron chi connectivity index (χ2n) is 9.69. The SMILES string of the molecule is CC.CCc1c(-c2cc(F)cc3c(C)c[nH]c23)cc(F)c2c1N1C(C)=CCNC1(C)C(C)(C)N2.[HH].[HH].[HH]. The molecule has 6 heteroatoms. The highest BCUT2D eigenvalue weighted by atomic mass is 19.1. The van der Waals surface area contributed by atoms with Gasteiger partial charge in [0.15, 0.2) is 0 Å². The van der Waals surface area contributed by atoms with Crippen molar-refractivity contribution >= 4 is 22.3 Å². The Morgan fingerprint density at radius 1 is 1.06 bits per heavy atom. The Morgan fingerprint density at radius 2 is 1.76 bits per heavy atom. The van der Waals surface area contributed by atoms with Crippen LogP contribution < -0.4 is 15.5 Å². The fraction of sp³-hybridized carbons (Fsp3) is 0.429. The van der Waals surface area contributed by atoms with E-state index in [1.54, 1.807) is 6.07 Å². The Bertz CT molecular complexity index is 1300. The molecule has 0 saturated carbocycles. The third-order valence-electron chi connectivity index (χ3n) is 7.48. The van der Waals surface area contributed by atoms with E-state index in [1.807, 2.05) is 27.0 Å². The minimum atomic E-state index is -0.464. The highest BCUT2D eigenvalue weighted by Gasteiger charge is 2.52. The van der Waals surface area contributed by atoms with Gasteiger partial charge in [-0.25, -0.2) is 8.78 Å². The second-order valence-corrected chi connectivity index (χ2v) is 9.69. The second kappa shape index (κ2) is 8.42. The Morgan fingerprint density at radius 3 is 2.44 bits per heavy atom. The molecule has 1 atom stereocenters. The van der Waals surface area contributed by atoms with Gasteiger partial charge in [0.05, 0.1) is 22.4 Å². The number of anilines is 2. The van der Waals surface area contributed by atoms with Gasteiger partial charge in [-0.1, -0.05) is 26.8 Å². The third kappa shape index (κ3) is 3.34. The summed E-state index contributed by atoms with van der Waals surface area (Å²) in [6, 6.07) is 4.60. The number of hydrogen-bond donors (Lipinski definition) is 3. The fourth-order valence-corrected chi connectivity index (χ4v) is 5.44. The molecule has 0 aliphatic carbocycles. The van der Waals surface area contributed by atoms with E-state index < -0.39 is 11.2 Å². The predicted molar refractivity (Wildman–Crippen MR) is 146 cm³/mol. The third-order valence-corrected chi connectivity index (χ3v) is 7.48. The lowest BCUT2D eigenvalue weighted by Crippen LogP contribution is -2.74. The van der Waals surface area contributed by atoms with E-state index >= 15 is 4.39 Å². The van der Waals surface area contributed by atoms with Crippen LogP contribution in [0.15, 0.2) is 36.2 Å². The molecule has 34 heavy (non-hydrogen) atoms. The lowest BCUT2D eigenvalue weighted by atomic mass is 9.80. The van der Waals surface area contributed by atoms with Gasteiger partial charge < -0.3 is 15.2 Å². The number of benzene rings is 2. The van der Waals surface area contributed by atoms with Crippen molar-refractivity contribution in [2.75, 3.05) is 16.8 Å². The van der Waals surface area contributed by atoms with Gasteiger partial charge in [-0.05, 0) is 75.9 Å². The molecule has 2 aliphatic rings. The fourth-order valence-electron chi connectivity index (χ4n) is 5.44. The van der Waals surface area contributed by atoms with Gasteiger partial charge in [0, 0.05) is 33.7 Å². The molecule has 0 amide bonds. The molecule has 5 rings (SSSR count). The molecule has 3 heterocycles. The van der Waals surface area contributed by atoms with Crippen molar-refractivity contribution in [3.8, 4) is 11.1 Å². The first-order valence-corrected chi connectivity index (χ1v) is 12.2. The molecule has 3 aromatic rings. The summed E-state index contributed by atoms with van der Waals surface area (Å²) in [4.78, 5) is 5.50. The van der Waals surface area contributed by atoms with Gasteiger partial charge in [0.1, 0.15) is 17.3 Å². The van der Waals surface area contributed by atoms with Crippen LogP contribution in [0.3, 0.4) is 0 Å². The number of aromatic nitrogens is 1. The highest BCUT2D eigenvalue weighted by Crippen LogP contribution is 2.51. The minimum absolute atomic E-state index is 0. The maximum absolute atomic E-state index is 15.8. The Balaban J connectivity index is 0.00000134. The van der Waals surface area contributed by atoms with E-state index in [2.05, 4.69) is 61.2 Å². The highest BCUT2D eigenvalue weighted by molar-refractivity contribution is 5.99. The van der Waals surface area contributed by atoms with Gasteiger partial charge in [0.25, 0.3) is 0 Å². The number of rotatable bonds is 2. The summed E-state index contributed by atoms with van der Waals surface area (Å²) in [5.41, 5.74) is 5.69. The van der Waals surface area contributed by atoms with Crippen LogP contribution in [0.5, 0.6) is 0 Å². The number of allylic oxidation sites excluding steroid dienone is 1. The molecule has 188 valence electrons. The monoisotopic (exact) mass is 472 g/mol. The van der Waals surface area contributed by atoms with Gasteiger partial charge in [-0.2, -0.15) is 0 Å². The Labute approximate surface area is 205 Å². The largest absolute Gasteiger partial charge is 0.372 e. The number of H-pyrrole nitrogens is 1. The maximum Gasteiger partial charge on any atom is 0.149 e. The first kappa shape index (κ1) is 24.3. The number of nitrogens with one attached hydrogen (secondary N) is 3. The first-order valence-electron chi connectivity index (χ1n) is 12.2. The standard InChI is InChI=1S/C26H30F2N4.C2H6.3H2/c1-7-17-19(20-11-16(27)10-18-14(2)13-29-22(18)20)12-21(28)23-24(17)32-15(3)8-9-30-26(32,6)25(4,5)31-23;1-2;;;/h8,10-13,29-31H,7,9H2,1-6H3;1-2H3;3*1H. The van der Waals surface area contributed by atoms with Crippen molar-refractivity contribution in [1.29, 1.82) is 0 Å². The van der Waals surface area contributed by atoms with Crippen LogP contribution in [0.2, 0.25) is 0 Å². The summed E-state index contributed by atoms with van der Waals surface area (Å²) in [5, 5.41) is 7.93. The lowest BCUT2D eigenvalue weighted by Gasteiger charge is -2.59. The molecule has 1 unspecified atom stereocenters. The average Bonchev–Trinajstić information content (AvgIpc) is 3.16. The van der Waals surface area contributed by atoms with E-state index in [9.17, 15) is 4.39 Å². The molecule has 0 bridgehead atoms. The van der Waals surface area contributed by atoms with E-state index in [1.165, 1.54) is 12.1 Å². The van der Waals surface area contributed by atoms with Crippen LogP contribution in [0.4, 0.5) is 20.2 Å². The van der Waals surface area contributed by atoms with Crippen molar-refractivity contribution in [1.82, 2.24) is 10.3 Å². The lowest BCUT2D eigenvalue weighted by molar-refractivity contribution is 0.229. The topological polar surface area (TPSA) is 43.1 Å². The van der Waals surface area contributed by atoms with Gasteiger partial charge in [-0.15, -0.1) is 0 Å². The molecule has 4 nitrogen and oxygen atoms in total. The normalized spacial score (nSPS) is 20.6. The summed E-state index contributed by atoms with van der Waals surface area (Å²) >= 11 is 0. The molecular weight excluding hydrogens is 430 g/mol. The van der Waals surface area contributed by atoms with Gasteiger partial charge in [0.2, 0.25) is 0 Å². The number of halogens is 2. The smallest absolute Gasteiger partial charge is 0.149 e. The van der Waals surface area contributed by atoms with Crippen LogP contribution in [0.1, 0.15) is 63.9 Å². The predicted octanol–water partition coefficient (Wildman–Crippen LogP) is 7.98. The van der Waals surface area contributed by atoms with Crippen LogP contribution in [0.25, 0.3) is 22.0 Å². The number of aryl methyl sites for hydroxylation is 1. The van der Waals surface area contributed by atoms with Crippen LogP contribution in [0, 0.1) is 18.6 Å². The quantitative estimate of drug-likeness (QED) is 0.354. The van der Waals surface area contributed by atoms with E-state index in [4.69, 9.17) is 0 Å². The van der Waals surface area contributed by atoms with Crippen molar-refractivity contribution in [2.45, 2.75) is 73.0 Å². The molecule has 2 aromatic carbocycles. The summed E-state index contributed by atoms with van der Waals surface area (Å²) in [5.74, 6) is -0.656. The zero-order valence-corrected chi connectivity index (χ0v) is 21.5. The van der Waals surface area contributed by atoms with Gasteiger partial charge in [-0.3, -0.25) is 5.32 Å². The van der Waals surface area contributed by atoms with Crippen molar-refractivity contribution in [3.63, 3.8) is 0 Å². The first-order chi connectivity index (χ1) is 16.1. The van der Waals surface area contributed by atoms with Crippen molar-refractivity contribution in [3.05, 3.63) is 58.9 Å². The Kier molecular flexibility index (Phi) is 6.01. The molecule has 0 spiro atoms. The van der Waals surface area contributed by atoms with Crippen molar-refractivity contribution < 1.29 is 13.1 Å². The van der Waals surface area contributed by atoms with E-state index in [0.29, 0.717) is 17.7 Å². The van der Waals surface area contributed by atoms with E-state index in [-0.39, 0.29) is 15.9 Å². The average molecular weight is 473 g/mol. The molecule has 2 aliphatic heterocycles. The summed E-state index contributed by atoms with van der Waals surface area (Å²) in [7, 11) is 0. The van der Waals surface area contributed by atoms with Crippen molar-refractivity contribution in [2.24, 2.45) is 0 Å². The maximum atomic E-state index is 15.8. The Hall–Kier alpha value is -2.86. The molecule has 0 saturated heterocycles.